The van der Waals surface area contributed by atoms with E-state index in [4.69, 9.17) is 32.1 Å². The predicted molar refractivity (Wildman–Crippen MR) is 543 cm³/mol. The van der Waals surface area contributed by atoms with Crippen LogP contribution in [-0.4, -0.2) is 9.97 Å². The van der Waals surface area contributed by atoms with E-state index in [-0.39, 0.29) is 0 Å². The monoisotopic (exact) mass is 1670 g/mol. The number of hydrogen-bond acceptors (Lipinski definition) is 7. The Bertz CT molecular complexity index is 8700. The summed E-state index contributed by atoms with van der Waals surface area (Å²) in [6.07, 6.45) is 0. The van der Waals surface area contributed by atoms with E-state index in [1.54, 1.807) is 0 Å². The normalized spacial score (nSPS) is 11.8. The standard InChI is InChI=1S/C71H41NO4.C53H33NO/c1-2-12-42(13-3-1)62-40-52(51-32-47(43-22-26-68-58(36-43)54-14-4-8-18-64(54)73-68)30-48(33-51)44-23-27-69-59(37-44)55-15-5-9-19-65(55)74-69)41-63(72-62)53-34-49(45-24-28-70-60(38-45)56-16-6-10-20-66(56)75-70)31-50(35-53)46-25-29-71-61(39-46)57-17-7-11-21-67(57)76-71;1-2-11-37(12-3-1)50-32-40(35-21-25-36(26-22-35)41-18-10-19-48-47-17-8-9-20-52(47)55-53(41)48)33-51(54-50)38-27-23-34(24-28-38)39-29-30-46-44-15-5-4-13-42(44)43-14-6-7-16-45(43)49(46)31-39/h1-41H;1-33H. The second-order valence-electron chi connectivity index (χ2n) is 34.1. The van der Waals surface area contributed by atoms with Gasteiger partial charge >= 0.3 is 0 Å². The molecule has 7 nitrogen and oxygen atoms in total. The van der Waals surface area contributed by atoms with Gasteiger partial charge in [0, 0.05) is 81.7 Å². The highest BCUT2D eigenvalue weighted by atomic mass is 16.3. The van der Waals surface area contributed by atoms with Crippen LogP contribution in [-0.2, 0) is 0 Å². The highest BCUT2D eigenvalue weighted by Crippen LogP contribution is 2.47. The Kier molecular flexibility index (Phi) is 17.5. The summed E-state index contributed by atoms with van der Waals surface area (Å²) in [5.74, 6) is 0. The van der Waals surface area contributed by atoms with Gasteiger partial charge in [0.25, 0.3) is 0 Å². The fourth-order valence-electron chi connectivity index (χ4n) is 19.8. The zero-order chi connectivity index (χ0) is 86.1. The Balaban J connectivity index is 0.000000145. The number of fused-ring (bicyclic) bond motifs is 21. The minimum Gasteiger partial charge on any atom is -0.456 e. The van der Waals surface area contributed by atoms with E-state index in [1.807, 2.05) is 66.7 Å². The maximum atomic E-state index is 6.36. The van der Waals surface area contributed by atoms with Gasteiger partial charge in [0.1, 0.15) is 55.8 Å². The Hall–Kier alpha value is -17.5. The van der Waals surface area contributed by atoms with Crippen LogP contribution in [0.4, 0.5) is 0 Å². The summed E-state index contributed by atoms with van der Waals surface area (Å²) in [4.78, 5) is 10.8. The zero-order valence-electron chi connectivity index (χ0n) is 70.7. The molecule has 0 aliphatic carbocycles. The Morgan fingerprint density at radius 1 is 0.115 bits per heavy atom. The molecule has 7 heteroatoms. The fraction of sp³-hybridized carbons (Fsp3) is 0. The second-order valence-corrected chi connectivity index (χ2v) is 34.1. The van der Waals surface area contributed by atoms with Crippen LogP contribution in [0.5, 0.6) is 0 Å². The molecule has 0 saturated heterocycles. The van der Waals surface area contributed by atoms with Crippen LogP contribution in [0, 0.1) is 0 Å². The van der Waals surface area contributed by atoms with Crippen molar-refractivity contribution in [2.45, 2.75) is 0 Å². The van der Waals surface area contributed by atoms with Crippen LogP contribution in [0.3, 0.4) is 0 Å². The van der Waals surface area contributed by atoms with Crippen LogP contribution < -0.4 is 0 Å². The van der Waals surface area contributed by atoms with Gasteiger partial charge in [-0.3, -0.25) is 0 Å². The van der Waals surface area contributed by atoms with Crippen molar-refractivity contribution in [1.82, 2.24) is 9.97 Å². The molecule has 0 fully saturated rings. The van der Waals surface area contributed by atoms with Gasteiger partial charge in [-0.05, 0) is 261 Å². The zero-order valence-corrected chi connectivity index (χ0v) is 70.7. The number of para-hydroxylation sites is 6. The van der Waals surface area contributed by atoms with Crippen molar-refractivity contribution in [1.29, 1.82) is 0 Å². The average Bonchev–Trinajstić information content (AvgIpc) is 1.73. The van der Waals surface area contributed by atoms with Crippen molar-refractivity contribution >= 4 is 142 Å². The third-order valence-electron chi connectivity index (χ3n) is 26.3. The summed E-state index contributed by atoms with van der Waals surface area (Å²) >= 11 is 0. The number of hydrogen-bond donors (Lipinski definition) is 0. The first-order chi connectivity index (χ1) is 64.8. The molecule has 0 unspecified atom stereocenters. The lowest BCUT2D eigenvalue weighted by molar-refractivity contribution is 0.668. The van der Waals surface area contributed by atoms with E-state index in [9.17, 15) is 0 Å². The number of benzene rings is 20. The quantitative estimate of drug-likeness (QED) is 0.113. The topological polar surface area (TPSA) is 91.5 Å². The van der Waals surface area contributed by atoms with E-state index < -0.39 is 0 Å². The van der Waals surface area contributed by atoms with Gasteiger partial charge in [0.15, 0.2) is 0 Å². The van der Waals surface area contributed by atoms with Crippen molar-refractivity contribution in [2.75, 3.05) is 0 Å². The smallest absolute Gasteiger partial charge is 0.143 e. The molecule has 27 rings (SSSR count). The largest absolute Gasteiger partial charge is 0.456 e. The van der Waals surface area contributed by atoms with Crippen LogP contribution in [0.2, 0.25) is 0 Å². The molecule has 0 aliphatic heterocycles. The summed E-state index contributed by atoms with van der Waals surface area (Å²) in [5, 5.41) is 18.7. The molecule has 610 valence electrons. The molecule has 27 aromatic rings. The lowest BCUT2D eigenvalue weighted by Crippen LogP contribution is -1.94. The van der Waals surface area contributed by atoms with Gasteiger partial charge in [0.2, 0.25) is 0 Å². The molecule has 7 heterocycles. The minimum absolute atomic E-state index is 0.855. The summed E-state index contributed by atoms with van der Waals surface area (Å²) in [5.41, 5.74) is 34.2. The maximum Gasteiger partial charge on any atom is 0.143 e. The van der Waals surface area contributed by atoms with Crippen molar-refractivity contribution in [3.8, 4) is 134 Å². The first-order valence-electron chi connectivity index (χ1n) is 44.4. The average molecular weight is 1670 g/mol. The molecule has 7 aromatic heterocycles. The number of furan rings is 5. The molecular weight excluding hydrogens is 1600 g/mol. The summed E-state index contributed by atoms with van der Waals surface area (Å²) < 4.78 is 31.6. The van der Waals surface area contributed by atoms with Gasteiger partial charge in [0.05, 0.1) is 22.8 Å². The van der Waals surface area contributed by atoms with Crippen LogP contribution in [0.1, 0.15) is 0 Å². The van der Waals surface area contributed by atoms with E-state index >= 15 is 0 Å². The molecular formula is C124H74N2O5. The molecule has 0 amide bonds. The fourth-order valence-corrected chi connectivity index (χ4v) is 19.8. The molecule has 0 aliphatic rings. The lowest BCUT2D eigenvalue weighted by Gasteiger charge is -2.16. The highest BCUT2D eigenvalue weighted by Gasteiger charge is 2.22. The van der Waals surface area contributed by atoms with Gasteiger partial charge in [-0.2, -0.15) is 0 Å². The predicted octanol–water partition coefficient (Wildman–Crippen LogP) is 35.1. The molecule has 0 saturated carbocycles. The number of aromatic nitrogens is 2. The summed E-state index contributed by atoms with van der Waals surface area (Å²) in [6, 6.07) is 160. The van der Waals surface area contributed by atoms with Crippen molar-refractivity contribution in [3.63, 3.8) is 0 Å². The van der Waals surface area contributed by atoms with Crippen molar-refractivity contribution in [2.24, 2.45) is 0 Å². The van der Waals surface area contributed by atoms with E-state index in [2.05, 4.69) is 382 Å². The van der Waals surface area contributed by atoms with Gasteiger partial charge in [-0.15, -0.1) is 0 Å². The lowest BCUT2D eigenvalue weighted by atomic mass is 9.90. The molecule has 0 bridgehead atoms. The van der Waals surface area contributed by atoms with Crippen LogP contribution >= 0.6 is 0 Å². The van der Waals surface area contributed by atoms with Crippen molar-refractivity contribution < 1.29 is 22.1 Å². The third-order valence-corrected chi connectivity index (χ3v) is 26.3. The van der Waals surface area contributed by atoms with E-state index in [0.29, 0.717) is 0 Å². The second kappa shape index (κ2) is 30.7. The first-order valence-corrected chi connectivity index (χ1v) is 44.4. The third kappa shape index (κ3) is 13.2. The van der Waals surface area contributed by atoms with Crippen LogP contribution in [0.25, 0.3) is 276 Å². The number of pyridine rings is 2. The first kappa shape index (κ1) is 74.9. The SMILES string of the molecule is c1ccc(-c2cc(-c3cc(-c4ccc5oc6ccccc6c5c4)cc(-c4ccc5oc6ccccc6c5c4)c3)cc(-c3cc(-c4ccc5oc6ccccc6c5c4)cc(-c4ccc5oc6ccccc6c5c4)c3)n2)cc1.c1ccc(-c2cc(-c3ccc(-c4cccc5c4oc4ccccc45)cc3)cc(-c3ccc(-c4ccc5c6ccccc6c6ccccc6c5c4)cc3)n2)cc1. The summed E-state index contributed by atoms with van der Waals surface area (Å²) in [7, 11) is 0. The van der Waals surface area contributed by atoms with Gasteiger partial charge in [-0.25, -0.2) is 9.97 Å². The van der Waals surface area contributed by atoms with Crippen molar-refractivity contribution in [3.05, 3.63) is 449 Å². The Labute approximate surface area is 751 Å². The molecule has 0 N–H and O–H groups in total. The molecule has 0 radical (unpaired) electrons. The highest BCUT2D eigenvalue weighted by molar-refractivity contribution is 6.26. The molecule has 0 atom stereocenters. The molecule has 131 heavy (non-hydrogen) atoms. The number of nitrogens with zero attached hydrogens (tertiary/aromatic N) is 2. The van der Waals surface area contributed by atoms with Gasteiger partial charge in [-0.1, -0.05) is 303 Å². The maximum absolute atomic E-state index is 6.36. The van der Waals surface area contributed by atoms with Gasteiger partial charge < -0.3 is 22.1 Å². The van der Waals surface area contributed by atoms with Crippen LogP contribution in [0.15, 0.2) is 471 Å². The minimum atomic E-state index is 0.855. The van der Waals surface area contributed by atoms with E-state index in [0.717, 1.165) is 233 Å². The Morgan fingerprint density at radius 2 is 0.351 bits per heavy atom. The number of rotatable bonds is 12. The molecule has 0 spiro atoms. The Morgan fingerprint density at radius 3 is 0.756 bits per heavy atom. The molecule has 20 aromatic carbocycles. The van der Waals surface area contributed by atoms with E-state index in [1.165, 1.54) is 43.4 Å². The summed E-state index contributed by atoms with van der Waals surface area (Å²) in [6.45, 7) is 0.